The summed E-state index contributed by atoms with van der Waals surface area (Å²) in [6.07, 6.45) is 5.19. The smallest absolute Gasteiger partial charge is 0.231 e. The number of fused-ring (bicyclic) bond motifs is 1. The minimum Gasteiger partial charge on any atom is -0.355 e. The summed E-state index contributed by atoms with van der Waals surface area (Å²) < 4.78 is 13.3. The van der Waals surface area contributed by atoms with E-state index in [0.717, 1.165) is 37.3 Å². The first kappa shape index (κ1) is 13.9. The second kappa shape index (κ2) is 5.83. The van der Waals surface area contributed by atoms with Crippen molar-refractivity contribution in [3.8, 4) is 0 Å². The second-order valence-electron chi connectivity index (χ2n) is 5.66. The number of H-pyrrole nitrogens is 1. The Hall–Kier alpha value is -2.70. The summed E-state index contributed by atoms with van der Waals surface area (Å²) in [5, 5.41) is 3.06. The molecule has 0 atom stereocenters. The van der Waals surface area contributed by atoms with E-state index in [2.05, 4.69) is 30.2 Å². The average Bonchev–Trinajstić information content (AvgIpc) is 3.03. The number of halogens is 1. The van der Waals surface area contributed by atoms with Gasteiger partial charge in [0, 0.05) is 18.8 Å². The third kappa shape index (κ3) is 2.81. The first-order valence-corrected chi connectivity index (χ1v) is 7.78. The molecule has 1 aliphatic rings. The molecule has 118 valence electrons. The molecule has 3 aromatic rings. The van der Waals surface area contributed by atoms with Gasteiger partial charge >= 0.3 is 0 Å². The number of hydrogen-bond acceptors (Lipinski definition) is 5. The quantitative estimate of drug-likeness (QED) is 0.777. The molecule has 7 heteroatoms. The SMILES string of the molecule is Fc1cccc(Nc2nc(N3CCCCC3)c3[nH]cnc3n2)c1. The van der Waals surface area contributed by atoms with Crippen LogP contribution in [-0.2, 0) is 0 Å². The molecule has 1 fully saturated rings. The van der Waals surface area contributed by atoms with Crippen LogP contribution in [0.1, 0.15) is 19.3 Å². The van der Waals surface area contributed by atoms with Crippen LogP contribution in [0.5, 0.6) is 0 Å². The van der Waals surface area contributed by atoms with Gasteiger partial charge in [-0.05, 0) is 37.5 Å². The van der Waals surface area contributed by atoms with Crippen molar-refractivity contribution in [3.63, 3.8) is 0 Å². The Bertz CT molecular complexity index is 824. The molecule has 1 saturated heterocycles. The largest absolute Gasteiger partial charge is 0.355 e. The molecule has 23 heavy (non-hydrogen) atoms. The van der Waals surface area contributed by atoms with Crippen LogP contribution in [0.15, 0.2) is 30.6 Å². The molecule has 1 aromatic carbocycles. The van der Waals surface area contributed by atoms with Gasteiger partial charge in [0.1, 0.15) is 11.3 Å². The van der Waals surface area contributed by atoms with Crippen LogP contribution in [0.25, 0.3) is 11.2 Å². The first-order valence-electron chi connectivity index (χ1n) is 7.78. The molecule has 6 nitrogen and oxygen atoms in total. The number of rotatable bonds is 3. The van der Waals surface area contributed by atoms with Crippen LogP contribution >= 0.6 is 0 Å². The number of aromatic amines is 1. The van der Waals surface area contributed by atoms with Gasteiger partial charge in [0.05, 0.1) is 6.33 Å². The number of anilines is 3. The molecule has 2 aromatic heterocycles. The van der Waals surface area contributed by atoms with Gasteiger partial charge in [-0.3, -0.25) is 0 Å². The predicted octanol–water partition coefficient (Wildman–Crippen LogP) is 3.23. The van der Waals surface area contributed by atoms with E-state index in [0.29, 0.717) is 17.3 Å². The van der Waals surface area contributed by atoms with E-state index in [1.807, 2.05) is 0 Å². The van der Waals surface area contributed by atoms with E-state index in [9.17, 15) is 4.39 Å². The minimum absolute atomic E-state index is 0.299. The maximum absolute atomic E-state index is 13.3. The van der Waals surface area contributed by atoms with Gasteiger partial charge in [0.25, 0.3) is 0 Å². The lowest BCUT2D eigenvalue weighted by atomic mass is 10.1. The van der Waals surface area contributed by atoms with Crippen LogP contribution in [0, 0.1) is 5.82 Å². The van der Waals surface area contributed by atoms with Crippen LogP contribution in [-0.4, -0.2) is 33.0 Å². The van der Waals surface area contributed by atoms with Crippen molar-refractivity contribution < 1.29 is 4.39 Å². The number of benzene rings is 1. The molecule has 0 bridgehead atoms. The monoisotopic (exact) mass is 312 g/mol. The van der Waals surface area contributed by atoms with Crippen LogP contribution in [0.2, 0.25) is 0 Å². The highest BCUT2D eigenvalue weighted by atomic mass is 19.1. The highest BCUT2D eigenvalue weighted by Crippen LogP contribution is 2.26. The van der Waals surface area contributed by atoms with Gasteiger partial charge in [0.2, 0.25) is 5.95 Å². The van der Waals surface area contributed by atoms with E-state index in [4.69, 9.17) is 0 Å². The maximum Gasteiger partial charge on any atom is 0.231 e. The predicted molar refractivity (Wildman–Crippen MR) is 87.4 cm³/mol. The van der Waals surface area contributed by atoms with Crippen molar-refractivity contribution in [1.29, 1.82) is 0 Å². The topological polar surface area (TPSA) is 69.7 Å². The standard InChI is InChI=1S/C16H17FN6/c17-11-5-4-6-12(9-11)20-16-21-14-13(18-10-19-14)15(22-16)23-7-2-1-3-8-23/h4-6,9-10H,1-3,7-8H2,(H2,18,19,20,21,22). The number of imidazole rings is 1. The van der Waals surface area contributed by atoms with Gasteiger partial charge in [-0.2, -0.15) is 9.97 Å². The number of nitrogens with one attached hydrogen (secondary N) is 2. The Labute approximate surface area is 132 Å². The number of nitrogens with zero attached hydrogens (tertiary/aromatic N) is 4. The lowest BCUT2D eigenvalue weighted by Gasteiger charge is -2.28. The maximum atomic E-state index is 13.3. The number of aromatic nitrogens is 4. The van der Waals surface area contributed by atoms with Gasteiger partial charge in [-0.25, -0.2) is 9.37 Å². The van der Waals surface area contributed by atoms with Gasteiger partial charge in [-0.1, -0.05) is 6.07 Å². The molecule has 3 heterocycles. The van der Waals surface area contributed by atoms with Crippen molar-refractivity contribution in [1.82, 2.24) is 19.9 Å². The zero-order valence-corrected chi connectivity index (χ0v) is 12.6. The Balaban J connectivity index is 1.72. The van der Waals surface area contributed by atoms with Gasteiger partial charge in [-0.15, -0.1) is 0 Å². The molecule has 4 rings (SSSR count). The summed E-state index contributed by atoms with van der Waals surface area (Å²) in [5.74, 6) is 0.981. The molecular weight excluding hydrogens is 295 g/mol. The number of hydrogen-bond donors (Lipinski definition) is 2. The molecule has 1 aliphatic heterocycles. The molecule has 0 spiro atoms. The minimum atomic E-state index is -0.299. The fourth-order valence-electron chi connectivity index (χ4n) is 2.90. The Kier molecular flexibility index (Phi) is 3.53. The molecular formula is C16H17FN6. The summed E-state index contributed by atoms with van der Waals surface area (Å²) >= 11 is 0. The summed E-state index contributed by atoms with van der Waals surface area (Å²) in [7, 11) is 0. The fourth-order valence-corrected chi connectivity index (χ4v) is 2.90. The van der Waals surface area contributed by atoms with E-state index < -0.39 is 0 Å². The van der Waals surface area contributed by atoms with Crippen LogP contribution < -0.4 is 10.2 Å². The molecule has 2 N–H and O–H groups in total. The molecule has 0 saturated carbocycles. The molecule has 0 unspecified atom stereocenters. The second-order valence-corrected chi connectivity index (χ2v) is 5.66. The zero-order chi connectivity index (χ0) is 15.6. The molecule has 0 radical (unpaired) electrons. The van der Waals surface area contributed by atoms with E-state index in [1.54, 1.807) is 18.5 Å². The Morgan fingerprint density at radius 1 is 1.13 bits per heavy atom. The third-order valence-corrected chi connectivity index (χ3v) is 4.00. The number of piperidine rings is 1. The molecule has 0 amide bonds. The Morgan fingerprint density at radius 2 is 2.00 bits per heavy atom. The summed E-state index contributed by atoms with van der Waals surface area (Å²) in [6.45, 7) is 1.95. The summed E-state index contributed by atoms with van der Waals surface area (Å²) in [6, 6.07) is 6.25. The average molecular weight is 312 g/mol. The van der Waals surface area contributed by atoms with Crippen molar-refractivity contribution in [2.75, 3.05) is 23.3 Å². The van der Waals surface area contributed by atoms with E-state index >= 15 is 0 Å². The zero-order valence-electron chi connectivity index (χ0n) is 12.6. The van der Waals surface area contributed by atoms with Gasteiger partial charge in [0.15, 0.2) is 11.5 Å². The highest BCUT2D eigenvalue weighted by molar-refractivity contribution is 5.84. The van der Waals surface area contributed by atoms with Crippen molar-refractivity contribution >= 4 is 28.6 Å². The van der Waals surface area contributed by atoms with Crippen molar-refractivity contribution in [3.05, 3.63) is 36.4 Å². The van der Waals surface area contributed by atoms with Crippen molar-refractivity contribution in [2.45, 2.75) is 19.3 Å². The lowest BCUT2D eigenvalue weighted by Crippen LogP contribution is -2.30. The summed E-state index contributed by atoms with van der Waals surface area (Å²) in [5.41, 5.74) is 2.07. The van der Waals surface area contributed by atoms with Crippen LogP contribution in [0.3, 0.4) is 0 Å². The Morgan fingerprint density at radius 3 is 2.83 bits per heavy atom. The first-order chi connectivity index (χ1) is 11.3. The van der Waals surface area contributed by atoms with E-state index in [1.165, 1.54) is 18.6 Å². The van der Waals surface area contributed by atoms with Gasteiger partial charge < -0.3 is 15.2 Å². The summed E-state index contributed by atoms with van der Waals surface area (Å²) in [4.78, 5) is 18.7. The normalized spacial score (nSPS) is 15.1. The van der Waals surface area contributed by atoms with Crippen LogP contribution in [0.4, 0.5) is 21.8 Å². The highest BCUT2D eigenvalue weighted by Gasteiger charge is 2.18. The van der Waals surface area contributed by atoms with Crippen molar-refractivity contribution in [2.24, 2.45) is 0 Å². The molecule has 0 aliphatic carbocycles. The van der Waals surface area contributed by atoms with E-state index in [-0.39, 0.29) is 5.82 Å². The lowest BCUT2D eigenvalue weighted by molar-refractivity contribution is 0.574. The third-order valence-electron chi connectivity index (χ3n) is 4.00. The fraction of sp³-hybridized carbons (Fsp3) is 0.312.